The van der Waals surface area contributed by atoms with Gasteiger partial charge in [0.1, 0.15) is 6.33 Å². The number of aromatic nitrogens is 3. The second kappa shape index (κ2) is 6.81. The maximum Gasteiger partial charge on any atom is 0.388 e. The predicted molar refractivity (Wildman–Crippen MR) is 76.0 cm³/mol. The number of halogens is 3. The van der Waals surface area contributed by atoms with Gasteiger partial charge in [0.15, 0.2) is 5.82 Å². The summed E-state index contributed by atoms with van der Waals surface area (Å²) in [6, 6.07) is 0.795. The highest BCUT2D eigenvalue weighted by atomic mass is 19.3. The quantitative estimate of drug-likeness (QED) is 0.875. The zero-order valence-corrected chi connectivity index (χ0v) is 12.4. The van der Waals surface area contributed by atoms with Crippen molar-refractivity contribution in [2.75, 3.05) is 0 Å². The van der Waals surface area contributed by atoms with E-state index in [1.807, 2.05) is 0 Å². The molecule has 0 saturated heterocycles. The number of alkyl halides is 2. The molecule has 0 atom stereocenters. The summed E-state index contributed by atoms with van der Waals surface area (Å²) < 4.78 is 41.6. The lowest BCUT2D eigenvalue weighted by molar-refractivity contribution is -0.0553. The monoisotopic (exact) mass is 338 g/mol. The lowest BCUT2D eigenvalue weighted by atomic mass is 10.1. The number of carbonyl (C=O) groups is 1. The molecule has 2 aromatic rings. The van der Waals surface area contributed by atoms with Gasteiger partial charge in [-0.3, -0.25) is 4.79 Å². The van der Waals surface area contributed by atoms with E-state index >= 15 is 0 Å². The van der Waals surface area contributed by atoms with Gasteiger partial charge in [-0.2, -0.15) is 8.78 Å². The molecule has 1 aliphatic rings. The summed E-state index contributed by atoms with van der Waals surface area (Å²) in [4.78, 5) is 23.6. The second-order valence-corrected chi connectivity index (χ2v) is 5.28. The van der Waals surface area contributed by atoms with Crippen LogP contribution >= 0.6 is 0 Å². The van der Waals surface area contributed by atoms with E-state index in [2.05, 4.69) is 25.0 Å². The number of hydrogen-bond donors (Lipinski definition) is 1. The Bertz CT molecular complexity index is 753. The minimum absolute atomic E-state index is 0.0982. The van der Waals surface area contributed by atoms with Crippen molar-refractivity contribution >= 4 is 5.91 Å². The third kappa shape index (κ3) is 3.79. The van der Waals surface area contributed by atoms with Gasteiger partial charge in [0, 0.05) is 30.4 Å². The van der Waals surface area contributed by atoms with Crippen LogP contribution in [0.2, 0.25) is 0 Å². The molecule has 9 heteroatoms. The van der Waals surface area contributed by atoms with Gasteiger partial charge in [0.2, 0.25) is 0 Å². The van der Waals surface area contributed by atoms with E-state index in [9.17, 15) is 18.0 Å². The lowest BCUT2D eigenvalue weighted by Crippen LogP contribution is -2.24. The number of nitrogens with one attached hydrogen (secondary N) is 1. The maximum atomic E-state index is 13.6. The van der Waals surface area contributed by atoms with Crippen LogP contribution in [0.4, 0.5) is 13.2 Å². The van der Waals surface area contributed by atoms with E-state index < -0.39 is 24.2 Å². The molecule has 1 fully saturated rings. The molecule has 0 radical (unpaired) electrons. The Hall–Kier alpha value is -2.71. The summed E-state index contributed by atoms with van der Waals surface area (Å²) in [5.41, 5.74) is 1.59. The van der Waals surface area contributed by atoms with Gasteiger partial charge in [-0.15, -0.1) is 0 Å². The molecule has 0 aromatic carbocycles. The SMILES string of the molecule is O=C(NCc1cncnc1C1CC1)c1cnc(OC(F)F)c(F)c1. The van der Waals surface area contributed by atoms with E-state index in [1.54, 1.807) is 6.20 Å². The first-order chi connectivity index (χ1) is 11.5. The van der Waals surface area contributed by atoms with Crippen molar-refractivity contribution in [1.29, 1.82) is 0 Å². The van der Waals surface area contributed by atoms with Crippen molar-refractivity contribution in [2.24, 2.45) is 0 Å². The fourth-order valence-electron chi connectivity index (χ4n) is 2.23. The van der Waals surface area contributed by atoms with E-state index in [0.717, 1.165) is 36.4 Å². The molecule has 126 valence electrons. The molecule has 2 heterocycles. The Morgan fingerprint density at radius 3 is 2.79 bits per heavy atom. The molecule has 6 nitrogen and oxygen atoms in total. The largest absolute Gasteiger partial charge is 0.414 e. The first-order valence-corrected chi connectivity index (χ1v) is 7.22. The third-order valence-electron chi connectivity index (χ3n) is 3.50. The van der Waals surface area contributed by atoms with Gasteiger partial charge in [-0.05, 0) is 18.9 Å². The summed E-state index contributed by atoms with van der Waals surface area (Å²) in [6.07, 6.45) is 6.16. The fraction of sp³-hybridized carbons (Fsp3) is 0.333. The van der Waals surface area contributed by atoms with Crippen LogP contribution in [0.1, 0.15) is 40.4 Å². The Balaban J connectivity index is 1.66. The van der Waals surface area contributed by atoms with Crippen molar-refractivity contribution in [2.45, 2.75) is 31.9 Å². The van der Waals surface area contributed by atoms with Crippen LogP contribution in [-0.2, 0) is 6.54 Å². The standard InChI is InChI=1S/C15H13F3N4O2/c16-11-3-9(5-21-14(11)24-15(17)18)13(23)20-6-10-4-19-7-22-12(10)8-1-2-8/h3-5,7-8,15H,1-2,6H2,(H,20,23). The number of nitrogens with zero attached hydrogens (tertiary/aromatic N) is 3. The topological polar surface area (TPSA) is 77.0 Å². The van der Waals surface area contributed by atoms with Crippen molar-refractivity contribution in [3.8, 4) is 5.88 Å². The summed E-state index contributed by atoms with van der Waals surface area (Å²) in [7, 11) is 0. The Morgan fingerprint density at radius 2 is 2.12 bits per heavy atom. The van der Waals surface area contributed by atoms with Gasteiger partial charge in [0.25, 0.3) is 11.8 Å². The zero-order chi connectivity index (χ0) is 17.1. The summed E-state index contributed by atoms with van der Waals surface area (Å²) in [6.45, 7) is -3.01. The zero-order valence-electron chi connectivity index (χ0n) is 12.4. The highest BCUT2D eigenvalue weighted by Crippen LogP contribution is 2.40. The highest BCUT2D eigenvalue weighted by Gasteiger charge is 2.27. The van der Waals surface area contributed by atoms with Gasteiger partial charge in [0.05, 0.1) is 11.3 Å². The first-order valence-electron chi connectivity index (χ1n) is 7.22. The number of ether oxygens (including phenoxy) is 1. The fourth-order valence-corrected chi connectivity index (χ4v) is 2.23. The third-order valence-corrected chi connectivity index (χ3v) is 3.50. The molecule has 1 N–H and O–H groups in total. The van der Waals surface area contributed by atoms with Gasteiger partial charge < -0.3 is 10.1 Å². The van der Waals surface area contributed by atoms with Crippen LogP contribution < -0.4 is 10.1 Å². The molecule has 24 heavy (non-hydrogen) atoms. The van der Waals surface area contributed by atoms with Crippen molar-refractivity contribution in [1.82, 2.24) is 20.3 Å². The van der Waals surface area contributed by atoms with Crippen LogP contribution in [0.25, 0.3) is 0 Å². The van der Waals surface area contributed by atoms with E-state index in [4.69, 9.17) is 0 Å². The second-order valence-electron chi connectivity index (χ2n) is 5.28. The lowest BCUT2D eigenvalue weighted by Gasteiger charge is -2.09. The van der Waals surface area contributed by atoms with Crippen LogP contribution in [0, 0.1) is 5.82 Å². The highest BCUT2D eigenvalue weighted by molar-refractivity contribution is 5.93. The molecule has 1 aliphatic carbocycles. The number of hydrogen-bond acceptors (Lipinski definition) is 5. The van der Waals surface area contributed by atoms with Crippen LogP contribution in [-0.4, -0.2) is 27.5 Å². The smallest absolute Gasteiger partial charge is 0.388 e. The molecule has 0 aliphatic heterocycles. The number of pyridine rings is 1. The van der Waals surface area contributed by atoms with Gasteiger partial charge in [-0.1, -0.05) is 0 Å². The molecule has 3 rings (SSSR count). The normalized spacial score (nSPS) is 13.8. The van der Waals surface area contributed by atoms with E-state index in [0.29, 0.717) is 5.92 Å². The molecule has 0 bridgehead atoms. The summed E-state index contributed by atoms with van der Waals surface area (Å²) in [5, 5.41) is 2.61. The first kappa shape index (κ1) is 16.2. The van der Waals surface area contributed by atoms with Crippen LogP contribution in [0.15, 0.2) is 24.8 Å². The Morgan fingerprint density at radius 1 is 1.33 bits per heavy atom. The summed E-state index contributed by atoms with van der Waals surface area (Å²) in [5.74, 6) is -2.18. The van der Waals surface area contributed by atoms with Crippen molar-refractivity contribution < 1.29 is 22.7 Å². The van der Waals surface area contributed by atoms with Crippen LogP contribution in [0.3, 0.4) is 0 Å². The number of amides is 1. The minimum atomic E-state index is -3.19. The predicted octanol–water partition coefficient (Wildman–Crippen LogP) is 2.42. The summed E-state index contributed by atoms with van der Waals surface area (Å²) >= 11 is 0. The van der Waals surface area contributed by atoms with E-state index in [-0.39, 0.29) is 12.1 Å². The maximum absolute atomic E-state index is 13.6. The minimum Gasteiger partial charge on any atom is -0.414 e. The number of carbonyl (C=O) groups excluding carboxylic acids is 1. The van der Waals surface area contributed by atoms with Gasteiger partial charge >= 0.3 is 6.61 Å². The molecule has 1 amide bonds. The molecule has 0 unspecified atom stereocenters. The Labute approximate surface area is 135 Å². The molecule has 0 spiro atoms. The van der Waals surface area contributed by atoms with E-state index in [1.165, 1.54) is 6.33 Å². The van der Waals surface area contributed by atoms with Crippen molar-refractivity contribution in [3.63, 3.8) is 0 Å². The molecule has 1 saturated carbocycles. The average molecular weight is 338 g/mol. The Kier molecular flexibility index (Phi) is 4.59. The average Bonchev–Trinajstić information content (AvgIpc) is 3.39. The molecule has 2 aromatic heterocycles. The molecular formula is C15H13F3N4O2. The molecular weight excluding hydrogens is 325 g/mol. The van der Waals surface area contributed by atoms with Gasteiger partial charge in [-0.25, -0.2) is 19.3 Å². The van der Waals surface area contributed by atoms with Crippen molar-refractivity contribution in [3.05, 3.63) is 47.4 Å². The van der Waals surface area contributed by atoms with Crippen LogP contribution in [0.5, 0.6) is 5.88 Å². The number of rotatable bonds is 6.